The normalized spacial score (nSPS) is 15.6. The van der Waals surface area contributed by atoms with E-state index in [4.69, 9.17) is 20.8 Å². The smallest absolute Gasteiger partial charge is 0.338 e. The molecule has 0 radical (unpaired) electrons. The van der Waals surface area contributed by atoms with Crippen LogP contribution >= 0.6 is 34.7 Å². The Kier molecular flexibility index (Phi) is 6.75. The summed E-state index contributed by atoms with van der Waals surface area (Å²) in [5, 5.41) is 0.580. The van der Waals surface area contributed by atoms with Crippen LogP contribution in [0.2, 0.25) is 5.02 Å². The second-order valence-corrected chi connectivity index (χ2v) is 10.3. The highest BCUT2D eigenvalue weighted by Crippen LogP contribution is 2.32. The van der Waals surface area contributed by atoms with Crippen molar-refractivity contribution in [2.24, 2.45) is 4.99 Å². The maximum absolute atomic E-state index is 13.7. The van der Waals surface area contributed by atoms with Gasteiger partial charge in [0, 0.05) is 16.5 Å². The van der Waals surface area contributed by atoms with Crippen LogP contribution in [0.4, 0.5) is 0 Å². The molecule has 0 bridgehead atoms. The highest BCUT2D eigenvalue weighted by Gasteiger charge is 2.33. The van der Waals surface area contributed by atoms with Gasteiger partial charge >= 0.3 is 5.97 Å². The first kappa shape index (κ1) is 24.4. The van der Waals surface area contributed by atoms with Gasteiger partial charge in [-0.2, -0.15) is 0 Å². The van der Waals surface area contributed by atoms with E-state index in [-0.39, 0.29) is 5.56 Å². The van der Waals surface area contributed by atoms with E-state index in [9.17, 15) is 9.59 Å². The first-order chi connectivity index (χ1) is 17.4. The van der Waals surface area contributed by atoms with E-state index in [0.717, 1.165) is 16.0 Å². The zero-order valence-corrected chi connectivity index (χ0v) is 22.0. The molecule has 1 aliphatic heterocycles. The second-order valence-electron chi connectivity index (χ2n) is 8.03. The Bertz CT molecular complexity index is 1680. The third kappa shape index (κ3) is 4.36. The highest BCUT2D eigenvalue weighted by atomic mass is 35.5. The van der Waals surface area contributed by atoms with Gasteiger partial charge in [-0.05, 0) is 55.1 Å². The summed E-state index contributed by atoms with van der Waals surface area (Å²) in [7, 11) is 1.33. The van der Waals surface area contributed by atoms with Crippen molar-refractivity contribution in [3.63, 3.8) is 0 Å². The number of carbonyl (C=O) groups is 1. The van der Waals surface area contributed by atoms with E-state index in [1.807, 2.05) is 54.8 Å². The summed E-state index contributed by atoms with van der Waals surface area (Å²) < 4.78 is 13.0. The van der Waals surface area contributed by atoms with Crippen LogP contribution in [0, 0.1) is 0 Å². The molecule has 0 fully saturated rings. The fraction of sp³-hybridized carbons (Fsp3) is 0.148. The number of rotatable bonds is 5. The quantitative estimate of drug-likeness (QED) is 0.264. The highest BCUT2D eigenvalue weighted by molar-refractivity contribution is 7.98. The molecule has 0 unspecified atom stereocenters. The SMILES string of the molecule is COC(=O)C1=C(C)N=c2s/c(=C/c3ccc(-c4ccccc4Cl)o3)c(=O)n2[C@H]1c1ccc(SC)cc1. The lowest BCUT2D eigenvalue weighted by Crippen LogP contribution is -2.39. The molecular weight excluding hydrogens is 516 g/mol. The van der Waals surface area contributed by atoms with Crippen molar-refractivity contribution < 1.29 is 13.9 Å². The summed E-state index contributed by atoms with van der Waals surface area (Å²) >= 11 is 9.17. The Hall–Kier alpha value is -3.33. The largest absolute Gasteiger partial charge is 0.466 e. The van der Waals surface area contributed by atoms with Gasteiger partial charge in [-0.25, -0.2) is 9.79 Å². The van der Waals surface area contributed by atoms with Crippen LogP contribution in [0.1, 0.15) is 24.3 Å². The molecular formula is C27H21ClN2O4S2. The van der Waals surface area contributed by atoms with Crippen LogP contribution in [0.25, 0.3) is 17.4 Å². The number of ether oxygens (including phenoxy) is 1. The monoisotopic (exact) mass is 536 g/mol. The van der Waals surface area contributed by atoms with Crippen molar-refractivity contribution in [3.8, 4) is 11.3 Å². The summed E-state index contributed by atoms with van der Waals surface area (Å²) in [6, 6.07) is 18.2. The van der Waals surface area contributed by atoms with E-state index in [1.54, 1.807) is 41.5 Å². The molecule has 0 saturated heterocycles. The first-order valence-corrected chi connectivity index (χ1v) is 13.4. The Labute approximate surface area is 220 Å². The van der Waals surface area contributed by atoms with Crippen molar-refractivity contribution in [3.05, 3.63) is 108 Å². The van der Waals surface area contributed by atoms with E-state index >= 15 is 0 Å². The number of benzene rings is 2. The Morgan fingerprint density at radius 3 is 2.61 bits per heavy atom. The lowest BCUT2D eigenvalue weighted by molar-refractivity contribution is -0.136. The minimum Gasteiger partial charge on any atom is -0.466 e. The maximum atomic E-state index is 13.7. The minimum atomic E-state index is -0.651. The van der Waals surface area contributed by atoms with Gasteiger partial charge in [-0.1, -0.05) is 47.2 Å². The van der Waals surface area contributed by atoms with Crippen molar-refractivity contribution in [1.82, 2.24) is 4.57 Å². The van der Waals surface area contributed by atoms with Gasteiger partial charge in [0.05, 0.1) is 34.0 Å². The van der Waals surface area contributed by atoms with Crippen LogP contribution in [-0.4, -0.2) is 23.9 Å². The van der Waals surface area contributed by atoms with E-state index < -0.39 is 12.0 Å². The number of hydrogen-bond acceptors (Lipinski definition) is 7. The zero-order valence-electron chi connectivity index (χ0n) is 19.7. The molecule has 1 aliphatic rings. The van der Waals surface area contributed by atoms with Crippen molar-refractivity contribution in [1.29, 1.82) is 0 Å². The summed E-state index contributed by atoms with van der Waals surface area (Å²) in [6.07, 6.45) is 3.68. The van der Waals surface area contributed by atoms with Crippen molar-refractivity contribution in [2.75, 3.05) is 13.4 Å². The molecule has 0 N–H and O–H groups in total. The van der Waals surface area contributed by atoms with Gasteiger partial charge in [-0.3, -0.25) is 9.36 Å². The summed E-state index contributed by atoms with van der Waals surface area (Å²) in [5.74, 6) is 0.607. The molecule has 2 aromatic heterocycles. The molecule has 0 saturated carbocycles. The molecule has 0 aliphatic carbocycles. The standard InChI is InChI=1S/C27H21ClN2O4S2/c1-15-23(26(32)33-2)24(16-8-11-18(35-3)12-9-16)30-25(31)22(36-27(30)29-15)14-17-10-13-21(34-17)19-6-4-5-7-20(19)28/h4-14,24H,1-3H3/b22-14+/t24-/m0/s1. The number of methoxy groups -OCH3 is 1. The number of aromatic nitrogens is 1. The number of halogens is 1. The summed E-state index contributed by atoms with van der Waals surface area (Å²) in [6.45, 7) is 1.76. The molecule has 9 heteroatoms. The second kappa shape index (κ2) is 9.97. The number of esters is 1. The van der Waals surface area contributed by atoms with Crippen LogP contribution < -0.4 is 14.9 Å². The van der Waals surface area contributed by atoms with E-state index in [1.165, 1.54) is 18.4 Å². The van der Waals surface area contributed by atoms with Gasteiger partial charge in [0.15, 0.2) is 4.80 Å². The van der Waals surface area contributed by atoms with Crippen molar-refractivity contribution >= 4 is 46.7 Å². The number of thiazole rings is 1. The molecule has 2 aromatic carbocycles. The molecule has 0 amide bonds. The van der Waals surface area contributed by atoms with Crippen LogP contribution in [0.3, 0.4) is 0 Å². The average Bonchev–Trinajstić information content (AvgIpc) is 3.47. The van der Waals surface area contributed by atoms with Crippen LogP contribution in [-0.2, 0) is 9.53 Å². The van der Waals surface area contributed by atoms with Crippen molar-refractivity contribution in [2.45, 2.75) is 17.9 Å². The lowest BCUT2D eigenvalue weighted by atomic mass is 9.96. The molecule has 1 atom stereocenters. The number of nitrogens with zero attached hydrogens (tertiary/aromatic N) is 2. The number of furan rings is 1. The van der Waals surface area contributed by atoms with Crippen LogP contribution in [0.15, 0.2) is 91.0 Å². The summed E-state index contributed by atoms with van der Waals surface area (Å²) in [4.78, 5) is 32.6. The molecule has 36 heavy (non-hydrogen) atoms. The number of thioether (sulfide) groups is 1. The van der Waals surface area contributed by atoms with Gasteiger partial charge in [0.1, 0.15) is 11.5 Å². The maximum Gasteiger partial charge on any atom is 0.338 e. The third-order valence-corrected chi connectivity index (χ3v) is 7.95. The van der Waals surface area contributed by atoms with Crippen LogP contribution in [0.5, 0.6) is 0 Å². The number of fused-ring (bicyclic) bond motifs is 1. The van der Waals surface area contributed by atoms with E-state index in [0.29, 0.717) is 37.1 Å². The van der Waals surface area contributed by atoms with Gasteiger partial charge in [0.25, 0.3) is 5.56 Å². The number of carbonyl (C=O) groups excluding carboxylic acids is 1. The lowest BCUT2D eigenvalue weighted by Gasteiger charge is -2.24. The Morgan fingerprint density at radius 1 is 1.17 bits per heavy atom. The molecule has 3 heterocycles. The summed E-state index contributed by atoms with van der Waals surface area (Å²) in [5.41, 5.74) is 2.17. The number of hydrogen-bond donors (Lipinski definition) is 0. The third-order valence-electron chi connectivity index (χ3n) is 5.90. The Morgan fingerprint density at radius 2 is 1.92 bits per heavy atom. The predicted molar refractivity (Wildman–Crippen MR) is 143 cm³/mol. The number of allylic oxidation sites excluding steroid dienone is 1. The van der Waals surface area contributed by atoms with Gasteiger partial charge in [-0.15, -0.1) is 11.8 Å². The molecule has 4 aromatic rings. The minimum absolute atomic E-state index is 0.262. The fourth-order valence-corrected chi connectivity index (χ4v) is 5.82. The average molecular weight is 537 g/mol. The molecule has 182 valence electrons. The molecule has 5 rings (SSSR count). The fourth-order valence-electron chi connectivity index (χ4n) is 4.16. The molecule has 0 spiro atoms. The Balaban J connectivity index is 1.65. The zero-order chi connectivity index (χ0) is 25.4. The van der Waals surface area contributed by atoms with E-state index in [2.05, 4.69) is 4.99 Å². The topological polar surface area (TPSA) is 73.8 Å². The first-order valence-electron chi connectivity index (χ1n) is 11.0. The predicted octanol–water partition coefficient (Wildman–Crippen LogP) is 5.04. The molecule has 6 nitrogen and oxygen atoms in total. The van der Waals surface area contributed by atoms with Gasteiger partial charge in [0.2, 0.25) is 0 Å². The van der Waals surface area contributed by atoms with Gasteiger partial charge < -0.3 is 9.15 Å².